The lowest BCUT2D eigenvalue weighted by atomic mass is 9.78. The molecule has 2 fully saturated rings. The van der Waals surface area contributed by atoms with Crippen LogP contribution in [0.15, 0.2) is 48.8 Å². The van der Waals surface area contributed by atoms with Gasteiger partial charge in [0.2, 0.25) is 5.91 Å². The van der Waals surface area contributed by atoms with Gasteiger partial charge in [-0.25, -0.2) is 0 Å². The molecule has 2 saturated heterocycles. The molecule has 0 saturated carbocycles. The molecule has 0 aliphatic carbocycles. The molecule has 6 nitrogen and oxygen atoms in total. The normalized spacial score (nSPS) is 20.4. The highest BCUT2D eigenvalue weighted by atomic mass is 16.5. The molecule has 2 aromatic rings. The number of rotatable bonds is 7. The lowest BCUT2D eigenvalue weighted by Gasteiger charge is -2.46. The molecule has 1 amide bonds. The summed E-state index contributed by atoms with van der Waals surface area (Å²) in [6.45, 7) is 3.06. The first-order chi connectivity index (χ1) is 15.2. The summed E-state index contributed by atoms with van der Waals surface area (Å²) in [6, 6.07) is 11.5. The van der Waals surface area contributed by atoms with Crippen molar-refractivity contribution < 1.29 is 19.0 Å². The largest absolute Gasteiger partial charge is 0.497 e. The highest BCUT2D eigenvalue weighted by Crippen LogP contribution is 2.39. The van der Waals surface area contributed by atoms with E-state index >= 15 is 0 Å². The minimum Gasteiger partial charge on any atom is -0.497 e. The zero-order valence-electron chi connectivity index (χ0n) is 18.3. The third-order valence-corrected chi connectivity index (χ3v) is 6.56. The van der Waals surface area contributed by atoms with Crippen molar-refractivity contribution in [3.8, 4) is 11.5 Å². The van der Waals surface area contributed by atoms with Gasteiger partial charge >= 0.3 is 0 Å². The molecule has 1 unspecified atom stereocenters. The molecule has 1 aromatic heterocycles. The number of benzene rings is 1. The lowest BCUT2D eigenvalue weighted by molar-refractivity contribution is -0.147. The molecule has 0 N–H and O–H groups in total. The van der Waals surface area contributed by atoms with E-state index in [2.05, 4.69) is 4.98 Å². The summed E-state index contributed by atoms with van der Waals surface area (Å²) in [5, 5.41) is 0. The zero-order valence-corrected chi connectivity index (χ0v) is 18.3. The molecule has 1 atom stereocenters. The number of pyridine rings is 1. The number of hydrogen-bond acceptors (Lipinski definition) is 5. The topological polar surface area (TPSA) is 60.9 Å². The van der Waals surface area contributed by atoms with Gasteiger partial charge in [-0.1, -0.05) is 12.1 Å². The molecule has 6 heteroatoms. The van der Waals surface area contributed by atoms with Crippen LogP contribution in [0.25, 0.3) is 0 Å². The number of piperidine rings is 1. The van der Waals surface area contributed by atoms with Gasteiger partial charge in [-0.05, 0) is 67.9 Å². The van der Waals surface area contributed by atoms with Gasteiger partial charge in [0.1, 0.15) is 11.5 Å². The van der Waals surface area contributed by atoms with Gasteiger partial charge in [-0.2, -0.15) is 0 Å². The number of aromatic nitrogens is 1. The lowest BCUT2D eigenvalue weighted by Crippen LogP contribution is -2.51. The smallest absolute Gasteiger partial charge is 0.226 e. The van der Waals surface area contributed by atoms with E-state index in [0.717, 1.165) is 75.5 Å². The van der Waals surface area contributed by atoms with E-state index in [1.165, 1.54) is 0 Å². The average Bonchev–Trinajstić information content (AvgIpc) is 2.80. The number of amides is 1. The fourth-order valence-electron chi connectivity index (χ4n) is 4.73. The van der Waals surface area contributed by atoms with Gasteiger partial charge in [-0.15, -0.1) is 0 Å². The summed E-state index contributed by atoms with van der Waals surface area (Å²) >= 11 is 0. The second-order valence-electron chi connectivity index (χ2n) is 8.62. The molecular weight excluding hydrogens is 392 g/mol. The second kappa shape index (κ2) is 10.1. The second-order valence-corrected chi connectivity index (χ2v) is 8.62. The number of hydrogen-bond donors (Lipinski definition) is 0. The van der Waals surface area contributed by atoms with Crippen LogP contribution in [0.4, 0.5) is 0 Å². The predicted octanol–water partition coefficient (Wildman–Crippen LogP) is 3.89. The Morgan fingerprint density at radius 3 is 2.77 bits per heavy atom. The van der Waals surface area contributed by atoms with Gasteiger partial charge < -0.3 is 19.1 Å². The Balaban J connectivity index is 1.24. The number of carbonyl (C=O) groups excluding carboxylic acids is 1. The summed E-state index contributed by atoms with van der Waals surface area (Å²) in [6.07, 6.45) is 8.93. The maximum absolute atomic E-state index is 12.8. The van der Waals surface area contributed by atoms with Gasteiger partial charge in [0.05, 0.1) is 25.7 Å². The molecule has 0 bridgehead atoms. The fourth-order valence-corrected chi connectivity index (χ4v) is 4.73. The third kappa shape index (κ3) is 5.76. The highest BCUT2D eigenvalue weighted by Gasteiger charge is 2.40. The molecule has 166 valence electrons. The zero-order chi connectivity index (χ0) is 21.5. The van der Waals surface area contributed by atoms with Crippen LogP contribution >= 0.6 is 0 Å². The molecule has 2 aliphatic heterocycles. The molecule has 1 aromatic carbocycles. The van der Waals surface area contributed by atoms with E-state index in [9.17, 15) is 4.79 Å². The molecule has 2 aliphatic rings. The summed E-state index contributed by atoms with van der Waals surface area (Å²) in [4.78, 5) is 18.8. The van der Waals surface area contributed by atoms with Crippen LogP contribution < -0.4 is 9.47 Å². The number of methoxy groups -OCH3 is 1. The Labute approximate surface area is 184 Å². The van der Waals surface area contributed by atoms with Gasteiger partial charge in [-0.3, -0.25) is 9.78 Å². The van der Waals surface area contributed by atoms with Crippen LogP contribution in [0, 0.1) is 5.92 Å². The minimum atomic E-state index is -0.0771. The van der Waals surface area contributed by atoms with E-state index < -0.39 is 0 Å². The molecule has 3 heterocycles. The fraction of sp³-hybridized carbons (Fsp3) is 0.520. The first-order valence-corrected chi connectivity index (χ1v) is 11.2. The van der Waals surface area contributed by atoms with Crippen LogP contribution in [0.5, 0.6) is 11.5 Å². The van der Waals surface area contributed by atoms with Crippen molar-refractivity contribution in [3.05, 3.63) is 54.4 Å². The van der Waals surface area contributed by atoms with Crippen LogP contribution in [0.2, 0.25) is 0 Å². The quantitative estimate of drug-likeness (QED) is 0.675. The van der Waals surface area contributed by atoms with Gasteiger partial charge in [0.15, 0.2) is 0 Å². The number of ether oxygens (including phenoxy) is 3. The first kappa shape index (κ1) is 21.6. The Morgan fingerprint density at radius 1 is 1.19 bits per heavy atom. The Bertz CT molecular complexity index is 850. The Morgan fingerprint density at radius 2 is 2.00 bits per heavy atom. The van der Waals surface area contributed by atoms with Crippen LogP contribution in [-0.4, -0.2) is 54.8 Å². The summed E-state index contributed by atoms with van der Waals surface area (Å²) < 4.78 is 17.4. The van der Waals surface area contributed by atoms with Crippen molar-refractivity contribution >= 4 is 5.91 Å². The van der Waals surface area contributed by atoms with Crippen molar-refractivity contribution in [2.24, 2.45) is 5.92 Å². The van der Waals surface area contributed by atoms with Crippen molar-refractivity contribution in [3.63, 3.8) is 0 Å². The minimum absolute atomic E-state index is 0.0771. The van der Waals surface area contributed by atoms with E-state index in [1.54, 1.807) is 19.5 Å². The van der Waals surface area contributed by atoms with E-state index in [4.69, 9.17) is 14.2 Å². The monoisotopic (exact) mass is 424 g/mol. The molecule has 4 rings (SSSR count). The molecule has 0 radical (unpaired) electrons. The Kier molecular flexibility index (Phi) is 7.07. The van der Waals surface area contributed by atoms with Gasteiger partial charge in [0.25, 0.3) is 0 Å². The van der Waals surface area contributed by atoms with Crippen molar-refractivity contribution in [2.45, 2.75) is 44.1 Å². The van der Waals surface area contributed by atoms with Crippen molar-refractivity contribution in [2.75, 3.05) is 33.4 Å². The van der Waals surface area contributed by atoms with Crippen LogP contribution in [0.3, 0.4) is 0 Å². The van der Waals surface area contributed by atoms with Crippen molar-refractivity contribution in [1.82, 2.24) is 9.88 Å². The Hall–Kier alpha value is -2.60. The van der Waals surface area contributed by atoms with Crippen LogP contribution in [-0.2, 0) is 16.0 Å². The summed E-state index contributed by atoms with van der Waals surface area (Å²) in [5.74, 6) is 2.45. The number of nitrogens with zero attached hydrogens (tertiary/aromatic N) is 2. The van der Waals surface area contributed by atoms with Crippen LogP contribution in [0.1, 0.15) is 37.7 Å². The van der Waals surface area contributed by atoms with Gasteiger partial charge in [0, 0.05) is 32.1 Å². The molecular formula is C25H32N2O4. The summed E-state index contributed by atoms with van der Waals surface area (Å²) in [7, 11) is 1.65. The molecule has 1 spiro atoms. The maximum atomic E-state index is 12.8. The first-order valence-electron chi connectivity index (χ1n) is 11.2. The predicted molar refractivity (Wildman–Crippen MR) is 118 cm³/mol. The number of likely N-dealkylation sites (tertiary alicyclic amines) is 1. The van der Waals surface area contributed by atoms with Crippen molar-refractivity contribution in [1.29, 1.82) is 0 Å². The summed E-state index contributed by atoms with van der Waals surface area (Å²) in [5.41, 5.74) is 0.916. The molecule has 31 heavy (non-hydrogen) atoms. The standard InChI is InChI=1S/C25H32N2O4/c1-29-23-4-2-3-21(17-23)18-24(28)27-13-9-25(10-14-27)19-20(8-16-31-25)7-15-30-22-5-11-26-12-6-22/h2-6,11-12,17,20H,7-10,13-16,18-19H2,1H3. The maximum Gasteiger partial charge on any atom is 0.226 e. The van der Waals surface area contributed by atoms with E-state index in [0.29, 0.717) is 12.3 Å². The van der Waals surface area contributed by atoms with E-state index in [1.807, 2.05) is 41.3 Å². The van der Waals surface area contributed by atoms with E-state index in [-0.39, 0.29) is 11.5 Å². The average molecular weight is 425 g/mol. The third-order valence-electron chi connectivity index (χ3n) is 6.56. The number of carbonyl (C=O) groups is 1. The SMILES string of the molecule is COc1cccc(CC(=O)N2CCC3(CC2)CC(CCOc2ccncc2)CCO3)c1. The highest BCUT2D eigenvalue weighted by molar-refractivity contribution is 5.79.